The van der Waals surface area contributed by atoms with Gasteiger partial charge in [-0.05, 0) is 31.5 Å². The van der Waals surface area contributed by atoms with Crippen molar-refractivity contribution in [3.05, 3.63) is 23.2 Å². The molecule has 0 amide bonds. The van der Waals surface area contributed by atoms with E-state index in [2.05, 4.69) is 38.2 Å². The van der Waals surface area contributed by atoms with E-state index in [9.17, 15) is 0 Å². The predicted molar refractivity (Wildman–Crippen MR) is 84.8 cm³/mol. The zero-order chi connectivity index (χ0) is 14.2. The third-order valence-corrected chi connectivity index (χ3v) is 5.07. The Balaban J connectivity index is 1.84. The largest absolute Gasteiger partial charge is 0.490 e. The molecule has 1 aromatic carbocycles. The van der Waals surface area contributed by atoms with Gasteiger partial charge in [0.05, 0.1) is 9.71 Å². The van der Waals surface area contributed by atoms with Gasteiger partial charge < -0.3 is 10.1 Å². The quantitative estimate of drug-likeness (QED) is 0.935. The number of aromatic nitrogens is 1. The lowest BCUT2D eigenvalue weighted by Gasteiger charge is -2.13. The number of ether oxygens (including phenoxy) is 1. The molecule has 2 heterocycles. The highest BCUT2D eigenvalue weighted by Gasteiger charge is 2.21. The van der Waals surface area contributed by atoms with E-state index >= 15 is 0 Å². The van der Waals surface area contributed by atoms with Crippen LogP contribution in [-0.4, -0.2) is 24.2 Å². The van der Waals surface area contributed by atoms with Gasteiger partial charge in [-0.3, -0.25) is 0 Å². The van der Waals surface area contributed by atoms with Crippen molar-refractivity contribution in [2.45, 2.75) is 45.1 Å². The molecule has 0 aliphatic carbocycles. The van der Waals surface area contributed by atoms with Gasteiger partial charge in [-0.25, -0.2) is 4.98 Å². The summed E-state index contributed by atoms with van der Waals surface area (Å²) in [5.74, 6) is 0.919. The van der Waals surface area contributed by atoms with Crippen molar-refractivity contribution >= 4 is 21.6 Å². The van der Waals surface area contributed by atoms with Gasteiger partial charge in [-0.2, -0.15) is 0 Å². The lowest BCUT2D eigenvalue weighted by Crippen LogP contribution is -2.28. The Morgan fingerprint density at radius 3 is 2.95 bits per heavy atom. The molecule has 1 fully saturated rings. The second-order valence-electron chi connectivity index (χ2n) is 6.48. The van der Waals surface area contributed by atoms with Gasteiger partial charge in [0.2, 0.25) is 0 Å². The maximum atomic E-state index is 6.01. The number of nitrogens with one attached hydrogen (secondary N) is 1. The molecule has 1 atom stereocenters. The number of nitrogens with zero attached hydrogens (tertiary/aromatic N) is 1. The van der Waals surface area contributed by atoms with Crippen molar-refractivity contribution in [2.24, 2.45) is 0 Å². The molecule has 1 N–H and O–H groups in total. The molecule has 1 aromatic heterocycles. The molecule has 3 nitrogen and oxygen atoms in total. The highest BCUT2D eigenvalue weighted by atomic mass is 32.1. The number of hydrogen-bond acceptors (Lipinski definition) is 4. The molecule has 20 heavy (non-hydrogen) atoms. The van der Waals surface area contributed by atoms with Crippen LogP contribution < -0.4 is 10.1 Å². The number of fused-ring (bicyclic) bond motifs is 1. The average molecular weight is 290 g/mol. The first-order valence-electron chi connectivity index (χ1n) is 7.30. The number of rotatable bonds is 3. The Kier molecular flexibility index (Phi) is 3.69. The van der Waals surface area contributed by atoms with Gasteiger partial charge in [0.25, 0.3) is 0 Å². The molecule has 0 bridgehead atoms. The molecule has 0 spiro atoms. The summed E-state index contributed by atoms with van der Waals surface area (Å²) in [5, 5.41) is 4.63. The minimum Gasteiger partial charge on any atom is -0.490 e. The SMILES string of the molecule is CC(C)(C)c1nc2c(OCC3CCCN3)cccc2s1. The van der Waals surface area contributed by atoms with Gasteiger partial charge in [0, 0.05) is 11.5 Å². The van der Waals surface area contributed by atoms with Crippen LogP contribution in [0.15, 0.2) is 18.2 Å². The number of benzene rings is 1. The summed E-state index contributed by atoms with van der Waals surface area (Å²) in [5.41, 5.74) is 1.11. The lowest BCUT2D eigenvalue weighted by atomic mass is 9.98. The smallest absolute Gasteiger partial charge is 0.146 e. The van der Waals surface area contributed by atoms with Crippen molar-refractivity contribution in [2.75, 3.05) is 13.2 Å². The van der Waals surface area contributed by atoms with E-state index < -0.39 is 0 Å². The van der Waals surface area contributed by atoms with E-state index in [1.54, 1.807) is 11.3 Å². The molecule has 1 unspecified atom stereocenters. The lowest BCUT2D eigenvalue weighted by molar-refractivity contribution is 0.280. The summed E-state index contributed by atoms with van der Waals surface area (Å²) < 4.78 is 7.23. The van der Waals surface area contributed by atoms with Gasteiger partial charge in [-0.1, -0.05) is 26.8 Å². The van der Waals surface area contributed by atoms with E-state index in [4.69, 9.17) is 9.72 Å². The number of thiazole rings is 1. The molecule has 0 saturated carbocycles. The highest BCUT2D eigenvalue weighted by Crippen LogP contribution is 2.35. The second-order valence-corrected chi connectivity index (χ2v) is 7.51. The maximum Gasteiger partial charge on any atom is 0.146 e. The van der Waals surface area contributed by atoms with Gasteiger partial charge >= 0.3 is 0 Å². The van der Waals surface area contributed by atoms with E-state index in [0.717, 1.165) is 24.4 Å². The Hall–Kier alpha value is -1.13. The predicted octanol–water partition coefficient (Wildman–Crippen LogP) is 3.72. The summed E-state index contributed by atoms with van der Waals surface area (Å²) in [4.78, 5) is 4.80. The Morgan fingerprint density at radius 1 is 1.40 bits per heavy atom. The van der Waals surface area contributed by atoms with Crippen LogP contribution in [-0.2, 0) is 5.41 Å². The minimum atomic E-state index is 0.0912. The third-order valence-electron chi connectivity index (χ3n) is 3.63. The Morgan fingerprint density at radius 2 is 2.25 bits per heavy atom. The van der Waals surface area contributed by atoms with Crippen LogP contribution in [0.1, 0.15) is 38.6 Å². The van der Waals surface area contributed by atoms with Crippen LogP contribution in [0, 0.1) is 0 Å². The van der Waals surface area contributed by atoms with E-state index in [0.29, 0.717) is 6.04 Å². The van der Waals surface area contributed by atoms with E-state index in [-0.39, 0.29) is 5.41 Å². The third kappa shape index (κ3) is 2.81. The van der Waals surface area contributed by atoms with Crippen molar-refractivity contribution in [1.29, 1.82) is 0 Å². The summed E-state index contributed by atoms with van der Waals surface area (Å²) >= 11 is 1.77. The fraction of sp³-hybridized carbons (Fsp3) is 0.562. The first kappa shape index (κ1) is 13.8. The molecule has 4 heteroatoms. The highest BCUT2D eigenvalue weighted by molar-refractivity contribution is 7.18. The van der Waals surface area contributed by atoms with Gasteiger partial charge in [0.1, 0.15) is 17.9 Å². The standard InChI is InChI=1S/C16H22N2OS/c1-16(2,3)15-18-14-12(7-4-8-13(14)20-15)19-10-11-6-5-9-17-11/h4,7-8,11,17H,5-6,9-10H2,1-3H3. The number of para-hydroxylation sites is 1. The van der Waals surface area contributed by atoms with Crippen LogP contribution in [0.4, 0.5) is 0 Å². The van der Waals surface area contributed by atoms with Crippen molar-refractivity contribution < 1.29 is 4.74 Å². The van der Waals surface area contributed by atoms with Crippen LogP contribution in [0.25, 0.3) is 10.2 Å². The van der Waals surface area contributed by atoms with Crippen molar-refractivity contribution in [1.82, 2.24) is 10.3 Å². The normalized spacial score (nSPS) is 19.6. The molecule has 3 rings (SSSR count). The molecule has 1 saturated heterocycles. The monoisotopic (exact) mass is 290 g/mol. The van der Waals surface area contributed by atoms with Gasteiger partial charge in [0.15, 0.2) is 0 Å². The van der Waals surface area contributed by atoms with E-state index in [1.807, 2.05) is 6.07 Å². The first-order chi connectivity index (χ1) is 9.54. The molecule has 108 valence electrons. The molecule has 2 aromatic rings. The summed E-state index contributed by atoms with van der Waals surface area (Å²) in [7, 11) is 0. The molecular weight excluding hydrogens is 268 g/mol. The fourth-order valence-corrected chi connectivity index (χ4v) is 3.49. The number of hydrogen-bond donors (Lipinski definition) is 1. The zero-order valence-corrected chi connectivity index (χ0v) is 13.2. The van der Waals surface area contributed by atoms with Crippen LogP contribution in [0.3, 0.4) is 0 Å². The second kappa shape index (κ2) is 5.34. The summed E-state index contributed by atoms with van der Waals surface area (Å²) in [6.45, 7) is 8.46. The van der Waals surface area contributed by atoms with Crippen LogP contribution in [0.2, 0.25) is 0 Å². The zero-order valence-electron chi connectivity index (χ0n) is 12.4. The fourth-order valence-electron chi connectivity index (χ4n) is 2.45. The van der Waals surface area contributed by atoms with Crippen LogP contribution in [0.5, 0.6) is 5.75 Å². The Bertz CT molecular complexity index is 594. The van der Waals surface area contributed by atoms with Gasteiger partial charge in [-0.15, -0.1) is 11.3 Å². The maximum absolute atomic E-state index is 6.01. The first-order valence-corrected chi connectivity index (χ1v) is 8.12. The minimum absolute atomic E-state index is 0.0912. The van der Waals surface area contributed by atoms with Crippen molar-refractivity contribution in [3.63, 3.8) is 0 Å². The molecular formula is C16H22N2OS. The van der Waals surface area contributed by atoms with Crippen LogP contribution >= 0.6 is 11.3 Å². The molecule has 1 aliphatic heterocycles. The molecule has 0 radical (unpaired) electrons. The summed E-state index contributed by atoms with van der Waals surface area (Å²) in [6, 6.07) is 6.71. The van der Waals surface area contributed by atoms with Crippen molar-refractivity contribution in [3.8, 4) is 5.75 Å². The summed E-state index contributed by atoms with van der Waals surface area (Å²) in [6.07, 6.45) is 2.46. The average Bonchev–Trinajstić information content (AvgIpc) is 3.04. The topological polar surface area (TPSA) is 34.1 Å². The molecule has 1 aliphatic rings. The van der Waals surface area contributed by atoms with E-state index in [1.165, 1.54) is 22.5 Å². The Labute approximate surface area is 124 Å².